The van der Waals surface area contributed by atoms with Gasteiger partial charge in [0, 0.05) is 27.4 Å². The van der Waals surface area contributed by atoms with Crippen LogP contribution in [0.25, 0.3) is 93.8 Å². The van der Waals surface area contributed by atoms with Crippen LogP contribution in [0.15, 0.2) is 158 Å². The summed E-state index contributed by atoms with van der Waals surface area (Å²) in [6, 6.07) is 57.2. The lowest BCUT2D eigenvalue weighted by atomic mass is 9.97. The van der Waals surface area contributed by atoms with Crippen molar-refractivity contribution in [2.75, 3.05) is 0 Å². The smallest absolute Gasteiger partial charge is 0.0722 e. The predicted molar refractivity (Wildman–Crippen MR) is 189 cm³/mol. The molecule has 7 aromatic carbocycles. The van der Waals surface area contributed by atoms with Crippen molar-refractivity contribution in [2.45, 2.75) is 0 Å². The minimum Gasteiger partial charge on any atom is -0.309 e. The van der Waals surface area contributed by atoms with Gasteiger partial charge < -0.3 is 4.57 Å². The normalized spacial score (nSPS) is 12.0. The molecule has 2 heterocycles. The van der Waals surface area contributed by atoms with Crippen molar-refractivity contribution in [3.63, 3.8) is 0 Å². The molecule has 2 heteroatoms. The molecule has 0 amide bonds. The summed E-state index contributed by atoms with van der Waals surface area (Å²) in [5.74, 6) is 0. The van der Waals surface area contributed by atoms with Gasteiger partial charge in [0.1, 0.15) is 0 Å². The van der Waals surface area contributed by atoms with Crippen LogP contribution in [-0.2, 0) is 0 Å². The monoisotopic (exact) mass is 570 g/mol. The molecule has 0 spiro atoms. The van der Waals surface area contributed by atoms with Crippen molar-refractivity contribution < 1.29 is 0 Å². The first kappa shape index (κ1) is 24.5. The Morgan fingerprint density at radius 1 is 0.400 bits per heavy atom. The van der Waals surface area contributed by atoms with Crippen LogP contribution < -0.4 is 0 Å². The summed E-state index contributed by atoms with van der Waals surface area (Å²) < 4.78 is 2.36. The number of hydrogen-bond acceptors (Lipinski definition) is 1. The zero-order valence-corrected chi connectivity index (χ0v) is 24.4. The molecule has 0 saturated heterocycles. The second-order valence-corrected chi connectivity index (χ2v) is 12.0. The van der Waals surface area contributed by atoms with Crippen molar-refractivity contribution in [2.24, 2.45) is 0 Å². The second-order valence-electron chi connectivity index (χ2n) is 12.0. The first-order chi connectivity index (χ1) is 22.3. The fourth-order valence-corrected chi connectivity index (χ4v) is 7.42. The fraction of sp³-hybridized carbons (Fsp3) is 0. The summed E-state index contributed by atoms with van der Waals surface area (Å²) in [7, 11) is 0. The highest BCUT2D eigenvalue weighted by molar-refractivity contribution is 6.15. The molecule has 0 unspecified atom stereocenters. The minimum absolute atomic E-state index is 1.01. The maximum absolute atomic E-state index is 5.14. The van der Waals surface area contributed by atoms with E-state index in [9.17, 15) is 0 Å². The van der Waals surface area contributed by atoms with Gasteiger partial charge in [0.05, 0.1) is 22.2 Å². The second kappa shape index (κ2) is 9.25. The standard InChI is InChI=1S/C43H26N2/c1-2-9-32(10-3-1)45-41-16-7-6-13-35(41)37-25-30(21-22-42(37)45)28-17-18-29-24-31(20-19-27(29)23-28)40-26-38-34-12-5-4-11-33(34)36-14-8-15-39(44-40)43(36)38/h1-26H. The van der Waals surface area contributed by atoms with Gasteiger partial charge in [-0.1, -0.05) is 103 Å². The van der Waals surface area contributed by atoms with Crippen molar-refractivity contribution in [3.05, 3.63) is 158 Å². The van der Waals surface area contributed by atoms with Crippen molar-refractivity contribution in [1.29, 1.82) is 0 Å². The Morgan fingerprint density at radius 3 is 1.91 bits per heavy atom. The number of nitrogens with zero attached hydrogens (tertiary/aromatic N) is 2. The third kappa shape index (κ3) is 3.60. The molecule has 9 aromatic rings. The van der Waals surface area contributed by atoms with Crippen LogP contribution in [0.3, 0.4) is 0 Å². The molecule has 0 radical (unpaired) electrons. The van der Waals surface area contributed by atoms with E-state index in [1.165, 1.54) is 77.0 Å². The highest BCUT2D eigenvalue weighted by Gasteiger charge is 2.22. The van der Waals surface area contributed by atoms with E-state index < -0.39 is 0 Å². The lowest BCUT2D eigenvalue weighted by molar-refractivity contribution is 1.18. The summed E-state index contributed by atoms with van der Waals surface area (Å²) in [5, 5.41) is 6.23. The zero-order chi connectivity index (χ0) is 29.5. The average molecular weight is 571 g/mol. The van der Waals surface area contributed by atoms with E-state index in [-0.39, 0.29) is 0 Å². The Balaban J connectivity index is 1.07. The van der Waals surface area contributed by atoms with E-state index in [1.54, 1.807) is 0 Å². The minimum atomic E-state index is 1.01. The van der Waals surface area contributed by atoms with Gasteiger partial charge in [0.15, 0.2) is 0 Å². The Hall–Kier alpha value is -5.99. The molecule has 1 aliphatic rings. The highest BCUT2D eigenvalue weighted by Crippen LogP contribution is 2.47. The molecular formula is C43H26N2. The number of fused-ring (bicyclic) bond motifs is 7. The number of benzene rings is 7. The van der Waals surface area contributed by atoms with E-state index in [0.717, 1.165) is 16.8 Å². The molecule has 45 heavy (non-hydrogen) atoms. The molecule has 0 atom stereocenters. The van der Waals surface area contributed by atoms with Gasteiger partial charge in [-0.3, -0.25) is 0 Å². The summed E-state index contributed by atoms with van der Waals surface area (Å²) in [5.41, 5.74) is 14.4. The Bertz CT molecular complexity index is 2640. The van der Waals surface area contributed by atoms with Gasteiger partial charge in [-0.2, -0.15) is 0 Å². The molecule has 0 aliphatic heterocycles. The van der Waals surface area contributed by atoms with Gasteiger partial charge in [-0.25, -0.2) is 4.98 Å². The highest BCUT2D eigenvalue weighted by atomic mass is 15.0. The van der Waals surface area contributed by atoms with Gasteiger partial charge in [-0.05, 0) is 98.8 Å². The van der Waals surface area contributed by atoms with E-state index in [2.05, 4.69) is 162 Å². The van der Waals surface area contributed by atoms with Crippen LogP contribution in [0, 0.1) is 0 Å². The van der Waals surface area contributed by atoms with E-state index in [1.807, 2.05) is 0 Å². The molecule has 1 aliphatic carbocycles. The van der Waals surface area contributed by atoms with Gasteiger partial charge in [-0.15, -0.1) is 0 Å². The molecule has 2 nitrogen and oxygen atoms in total. The predicted octanol–water partition coefficient (Wildman–Crippen LogP) is 11.5. The van der Waals surface area contributed by atoms with E-state index in [0.29, 0.717) is 0 Å². The summed E-state index contributed by atoms with van der Waals surface area (Å²) in [6.07, 6.45) is 0. The van der Waals surface area contributed by atoms with Gasteiger partial charge in [0.25, 0.3) is 0 Å². The molecule has 208 valence electrons. The van der Waals surface area contributed by atoms with Crippen molar-refractivity contribution >= 4 is 43.5 Å². The number of para-hydroxylation sites is 2. The van der Waals surface area contributed by atoms with Gasteiger partial charge in [0.2, 0.25) is 0 Å². The molecule has 0 bridgehead atoms. The quantitative estimate of drug-likeness (QED) is 0.207. The molecule has 10 rings (SSSR count). The van der Waals surface area contributed by atoms with Crippen LogP contribution in [0.2, 0.25) is 0 Å². The van der Waals surface area contributed by atoms with E-state index >= 15 is 0 Å². The topological polar surface area (TPSA) is 17.8 Å². The lowest BCUT2D eigenvalue weighted by Crippen LogP contribution is -1.92. The molecule has 0 saturated carbocycles. The number of pyridine rings is 1. The maximum Gasteiger partial charge on any atom is 0.0722 e. The summed E-state index contributed by atoms with van der Waals surface area (Å²) in [6.45, 7) is 0. The van der Waals surface area contributed by atoms with Crippen LogP contribution in [0.5, 0.6) is 0 Å². The molecule has 0 fully saturated rings. The van der Waals surface area contributed by atoms with Gasteiger partial charge >= 0.3 is 0 Å². The van der Waals surface area contributed by atoms with Crippen LogP contribution in [0.1, 0.15) is 0 Å². The van der Waals surface area contributed by atoms with Crippen LogP contribution in [-0.4, -0.2) is 9.55 Å². The number of rotatable bonds is 3. The largest absolute Gasteiger partial charge is 0.309 e. The SMILES string of the molecule is c1ccc(-n2c3ccccc3c3cc(-c4ccc5cc(-c6cc7c8c(cccc8n6)-c6ccccc6-7)ccc5c4)ccc32)cc1. The average Bonchev–Trinajstić information content (AvgIpc) is 3.61. The molecular weight excluding hydrogens is 544 g/mol. The Labute approximate surface area is 260 Å². The van der Waals surface area contributed by atoms with E-state index in [4.69, 9.17) is 4.98 Å². The molecule has 0 N–H and O–H groups in total. The summed E-state index contributed by atoms with van der Waals surface area (Å²) >= 11 is 0. The van der Waals surface area contributed by atoms with Crippen molar-refractivity contribution in [3.8, 4) is 50.3 Å². The Kier molecular flexibility index (Phi) is 5.03. The number of aromatic nitrogens is 2. The number of hydrogen-bond donors (Lipinski definition) is 0. The van der Waals surface area contributed by atoms with Crippen molar-refractivity contribution in [1.82, 2.24) is 9.55 Å². The lowest BCUT2D eigenvalue weighted by Gasteiger charge is -2.10. The third-order valence-electron chi connectivity index (χ3n) is 9.50. The molecule has 2 aromatic heterocycles. The zero-order valence-electron chi connectivity index (χ0n) is 24.4. The van der Waals surface area contributed by atoms with Crippen LogP contribution in [0.4, 0.5) is 0 Å². The third-order valence-corrected chi connectivity index (χ3v) is 9.50. The maximum atomic E-state index is 5.14. The Morgan fingerprint density at radius 2 is 1.04 bits per heavy atom. The fourth-order valence-electron chi connectivity index (χ4n) is 7.42. The van der Waals surface area contributed by atoms with Crippen LogP contribution >= 0.6 is 0 Å². The first-order valence-electron chi connectivity index (χ1n) is 15.5. The summed E-state index contributed by atoms with van der Waals surface area (Å²) in [4.78, 5) is 5.14. The first-order valence-corrected chi connectivity index (χ1v) is 15.5.